The van der Waals surface area contributed by atoms with Crippen LogP contribution in [0.4, 0.5) is 0 Å². The molecule has 1 unspecified atom stereocenters. The van der Waals surface area contributed by atoms with E-state index in [0.717, 1.165) is 51.4 Å². The van der Waals surface area contributed by atoms with Crippen molar-refractivity contribution in [1.82, 2.24) is 15.5 Å². The van der Waals surface area contributed by atoms with Gasteiger partial charge in [0.05, 0.1) is 7.11 Å². The molecule has 2 heterocycles. The second-order valence-corrected chi connectivity index (χ2v) is 8.68. The standard InChI is InChI=1S/C22H33N3O2/c1-27-19-4-2-18(3-5-19)16-25-12-6-17(7-13-25)15-24-21(26)20-14-22(20)8-10-23-11-9-22/h2-5,17,20,23H,6-16H2,1H3,(H,24,26). The highest BCUT2D eigenvalue weighted by Crippen LogP contribution is 2.58. The van der Waals surface area contributed by atoms with Gasteiger partial charge in [0.25, 0.3) is 0 Å². The Morgan fingerprint density at radius 3 is 2.59 bits per heavy atom. The van der Waals surface area contributed by atoms with Gasteiger partial charge in [0, 0.05) is 19.0 Å². The highest BCUT2D eigenvalue weighted by molar-refractivity contribution is 5.82. The molecular weight excluding hydrogens is 338 g/mol. The summed E-state index contributed by atoms with van der Waals surface area (Å²) in [6, 6.07) is 8.37. The highest BCUT2D eigenvalue weighted by Gasteiger charge is 2.57. The van der Waals surface area contributed by atoms with E-state index in [-0.39, 0.29) is 5.92 Å². The molecule has 3 aliphatic rings. The molecule has 1 aliphatic carbocycles. The summed E-state index contributed by atoms with van der Waals surface area (Å²) < 4.78 is 5.23. The Bertz CT molecular complexity index is 631. The predicted molar refractivity (Wildman–Crippen MR) is 107 cm³/mol. The predicted octanol–water partition coefficient (Wildman–Crippen LogP) is 2.41. The average Bonchev–Trinajstić information content (AvgIpc) is 3.41. The molecule has 1 amide bonds. The fourth-order valence-electron chi connectivity index (χ4n) is 4.90. The van der Waals surface area contributed by atoms with Gasteiger partial charge in [0.2, 0.25) is 5.91 Å². The Kier molecular flexibility index (Phi) is 5.69. The molecule has 4 rings (SSSR count). The monoisotopic (exact) mass is 371 g/mol. The lowest BCUT2D eigenvalue weighted by Gasteiger charge is -2.32. The number of methoxy groups -OCH3 is 1. The molecular formula is C22H33N3O2. The number of piperidine rings is 2. The Morgan fingerprint density at radius 1 is 1.22 bits per heavy atom. The molecule has 1 aromatic carbocycles. The molecule has 2 N–H and O–H groups in total. The van der Waals surface area contributed by atoms with Crippen molar-refractivity contribution in [3.63, 3.8) is 0 Å². The minimum atomic E-state index is 0.287. The van der Waals surface area contributed by atoms with Crippen molar-refractivity contribution in [2.75, 3.05) is 39.8 Å². The summed E-state index contributed by atoms with van der Waals surface area (Å²) in [6.45, 7) is 6.26. The Balaban J connectivity index is 1.16. The quantitative estimate of drug-likeness (QED) is 0.806. The van der Waals surface area contributed by atoms with Gasteiger partial charge in [-0.1, -0.05) is 12.1 Å². The van der Waals surface area contributed by atoms with Gasteiger partial charge < -0.3 is 15.4 Å². The Hall–Kier alpha value is -1.59. The lowest BCUT2D eigenvalue weighted by Crippen LogP contribution is -2.39. The number of hydrogen-bond acceptors (Lipinski definition) is 4. The number of carbonyl (C=O) groups excluding carboxylic acids is 1. The van der Waals surface area contributed by atoms with Crippen LogP contribution in [0.3, 0.4) is 0 Å². The van der Waals surface area contributed by atoms with Crippen LogP contribution in [0.15, 0.2) is 24.3 Å². The van der Waals surface area contributed by atoms with E-state index in [0.29, 0.717) is 17.2 Å². The molecule has 3 fully saturated rings. The SMILES string of the molecule is COc1ccc(CN2CCC(CNC(=O)C3CC34CCNCC4)CC2)cc1. The van der Waals surface area contributed by atoms with Gasteiger partial charge in [0.15, 0.2) is 0 Å². The number of nitrogens with one attached hydrogen (secondary N) is 2. The molecule has 5 nitrogen and oxygen atoms in total. The third-order valence-electron chi connectivity index (χ3n) is 6.94. The highest BCUT2D eigenvalue weighted by atomic mass is 16.5. The third-order valence-corrected chi connectivity index (χ3v) is 6.94. The molecule has 1 aromatic rings. The summed E-state index contributed by atoms with van der Waals surface area (Å²) in [7, 11) is 1.70. The number of carbonyl (C=O) groups is 1. The second kappa shape index (κ2) is 8.19. The molecule has 1 spiro atoms. The molecule has 2 aliphatic heterocycles. The van der Waals surface area contributed by atoms with Crippen LogP contribution in [0.2, 0.25) is 0 Å². The molecule has 0 aromatic heterocycles. The van der Waals surface area contributed by atoms with Crippen LogP contribution in [-0.2, 0) is 11.3 Å². The van der Waals surface area contributed by atoms with Gasteiger partial charge in [-0.3, -0.25) is 9.69 Å². The van der Waals surface area contributed by atoms with Crippen LogP contribution in [-0.4, -0.2) is 50.6 Å². The van der Waals surface area contributed by atoms with E-state index in [2.05, 4.69) is 27.7 Å². The number of nitrogens with zero attached hydrogens (tertiary/aromatic N) is 1. The smallest absolute Gasteiger partial charge is 0.223 e. The Morgan fingerprint density at radius 2 is 1.93 bits per heavy atom. The van der Waals surface area contributed by atoms with Gasteiger partial charge in [-0.05, 0) is 87.3 Å². The normalized spacial score (nSPS) is 25.3. The van der Waals surface area contributed by atoms with Gasteiger partial charge >= 0.3 is 0 Å². The number of amides is 1. The number of ether oxygens (including phenoxy) is 1. The minimum absolute atomic E-state index is 0.287. The van der Waals surface area contributed by atoms with Crippen LogP contribution < -0.4 is 15.4 Å². The lowest BCUT2D eigenvalue weighted by molar-refractivity contribution is -0.123. The van der Waals surface area contributed by atoms with Gasteiger partial charge in [-0.25, -0.2) is 0 Å². The second-order valence-electron chi connectivity index (χ2n) is 8.68. The molecule has 1 saturated carbocycles. The summed E-state index contributed by atoms with van der Waals surface area (Å²) >= 11 is 0. The summed E-state index contributed by atoms with van der Waals surface area (Å²) in [5.74, 6) is 2.14. The maximum atomic E-state index is 12.5. The minimum Gasteiger partial charge on any atom is -0.497 e. The van der Waals surface area contributed by atoms with E-state index in [4.69, 9.17) is 4.74 Å². The zero-order chi connectivity index (χ0) is 18.7. The maximum Gasteiger partial charge on any atom is 0.223 e. The van der Waals surface area contributed by atoms with E-state index in [1.807, 2.05) is 12.1 Å². The number of hydrogen-bond donors (Lipinski definition) is 2. The maximum absolute atomic E-state index is 12.5. The van der Waals surface area contributed by atoms with Crippen LogP contribution >= 0.6 is 0 Å². The van der Waals surface area contributed by atoms with Crippen molar-refractivity contribution in [2.45, 2.75) is 38.6 Å². The van der Waals surface area contributed by atoms with Gasteiger partial charge in [-0.2, -0.15) is 0 Å². The molecule has 5 heteroatoms. The van der Waals surface area contributed by atoms with E-state index in [1.165, 1.54) is 31.2 Å². The number of rotatable bonds is 6. The van der Waals surface area contributed by atoms with Crippen LogP contribution in [0.1, 0.15) is 37.7 Å². The third kappa shape index (κ3) is 4.46. The fraction of sp³-hybridized carbons (Fsp3) is 0.682. The molecule has 0 bridgehead atoms. The molecule has 148 valence electrons. The molecule has 2 saturated heterocycles. The van der Waals surface area contributed by atoms with E-state index in [9.17, 15) is 4.79 Å². The summed E-state index contributed by atoms with van der Waals surface area (Å²) in [6.07, 6.45) is 5.82. The summed E-state index contributed by atoms with van der Waals surface area (Å²) in [5.41, 5.74) is 1.68. The average molecular weight is 372 g/mol. The van der Waals surface area contributed by atoms with Crippen molar-refractivity contribution in [1.29, 1.82) is 0 Å². The van der Waals surface area contributed by atoms with Crippen LogP contribution in [0.5, 0.6) is 5.75 Å². The number of likely N-dealkylation sites (tertiary alicyclic amines) is 1. The Labute approximate surface area is 162 Å². The van der Waals surface area contributed by atoms with Crippen molar-refractivity contribution in [3.8, 4) is 5.75 Å². The van der Waals surface area contributed by atoms with Crippen molar-refractivity contribution < 1.29 is 9.53 Å². The van der Waals surface area contributed by atoms with E-state index in [1.54, 1.807) is 7.11 Å². The zero-order valence-corrected chi connectivity index (χ0v) is 16.5. The summed E-state index contributed by atoms with van der Waals surface area (Å²) in [4.78, 5) is 15.0. The van der Waals surface area contributed by atoms with Crippen LogP contribution in [0, 0.1) is 17.3 Å². The summed E-state index contributed by atoms with van der Waals surface area (Å²) in [5, 5.41) is 6.68. The first-order valence-corrected chi connectivity index (χ1v) is 10.5. The van der Waals surface area contributed by atoms with E-state index < -0.39 is 0 Å². The zero-order valence-electron chi connectivity index (χ0n) is 16.5. The topological polar surface area (TPSA) is 53.6 Å². The van der Waals surface area contributed by atoms with Crippen molar-refractivity contribution in [2.24, 2.45) is 17.3 Å². The largest absolute Gasteiger partial charge is 0.497 e. The van der Waals surface area contributed by atoms with Crippen LogP contribution in [0.25, 0.3) is 0 Å². The van der Waals surface area contributed by atoms with Crippen molar-refractivity contribution >= 4 is 5.91 Å². The van der Waals surface area contributed by atoms with Crippen molar-refractivity contribution in [3.05, 3.63) is 29.8 Å². The van der Waals surface area contributed by atoms with E-state index >= 15 is 0 Å². The first-order valence-electron chi connectivity index (χ1n) is 10.5. The molecule has 1 atom stereocenters. The van der Waals surface area contributed by atoms with Gasteiger partial charge in [0.1, 0.15) is 5.75 Å². The number of benzene rings is 1. The first-order chi connectivity index (χ1) is 13.2. The first kappa shape index (κ1) is 18.8. The lowest BCUT2D eigenvalue weighted by atomic mass is 9.91. The molecule has 27 heavy (non-hydrogen) atoms. The van der Waals surface area contributed by atoms with Gasteiger partial charge in [-0.15, -0.1) is 0 Å². The fourth-order valence-corrected chi connectivity index (χ4v) is 4.90. The molecule has 0 radical (unpaired) electrons.